The Kier molecular flexibility index (Phi) is 6.42. The van der Waals surface area contributed by atoms with Gasteiger partial charge in [0.1, 0.15) is 5.75 Å². The van der Waals surface area contributed by atoms with Crippen LogP contribution in [0.1, 0.15) is 56.3 Å². The van der Waals surface area contributed by atoms with E-state index in [1.54, 1.807) is 0 Å². The van der Waals surface area contributed by atoms with Crippen LogP contribution in [0.15, 0.2) is 48.5 Å². The average molecular weight is 325 g/mol. The standard InChI is InChI=1S/C21H27NO2/c1-5-17-6-8-19(9-7-17)16(4)22-21(23)14-24-20-12-10-18(11-13-20)15(2)3/h6-13,15-16H,5,14H2,1-4H3,(H,22,23). The minimum Gasteiger partial charge on any atom is -0.484 e. The molecule has 1 amide bonds. The van der Waals surface area contributed by atoms with E-state index in [0.29, 0.717) is 5.92 Å². The monoisotopic (exact) mass is 325 g/mol. The molecule has 128 valence electrons. The molecule has 0 aliphatic carbocycles. The lowest BCUT2D eigenvalue weighted by molar-refractivity contribution is -0.123. The summed E-state index contributed by atoms with van der Waals surface area (Å²) < 4.78 is 5.56. The van der Waals surface area contributed by atoms with Crippen LogP contribution in [-0.2, 0) is 11.2 Å². The van der Waals surface area contributed by atoms with Crippen LogP contribution in [0.5, 0.6) is 5.75 Å². The first-order valence-electron chi connectivity index (χ1n) is 8.60. The number of aryl methyl sites for hydroxylation is 1. The lowest BCUT2D eigenvalue weighted by atomic mass is 10.0. The third-order valence-corrected chi connectivity index (χ3v) is 4.18. The minimum absolute atomic E-state index is 0.0262. The maximum absolute atomic E-state index is 12.1. The topological polar surface area (TPSA) is 38.3 Å². The van der Waals surface area contributed by atoms with Crippen molar-refractivity contribution in [2.24, 2.45) is 0 Å². The number of hydrogen-bond donors (Lipinski definition) is 1. The maximum Gasteiger partial charge on any atom is 0.258 e. The van der Waals surface area contributed by atoms with Gasteiger partial charge >= 0.3 is 0 Å². The highest BCUT2D eigenvalue weighted by Gasteiger charge is 2.10. The zero-order valence-electron chi connectivity index (χ0n) is 15.0. The van der Waals surface area contributed by atoms with Crippen molar-refractivity contribution in [1.29, 1.82) is 0 Å². The van der Waals surface area contributed by atoms with Crippen molar-refractivity contribution in [1.82, 2.24) is 5.32 Å². The number of benzene rings is 2. The zero-order valence-corrected chi connectivity index (χ0v) is 15.0. The van der Waals surface area contributed by atoms with E-state index in [-0.39, 0.29) is 18.6 Å². The van der Waals surface area contributed by atoms with Crippen LogP contribution in [0.4, 0.5) is 0 Å². The highest BCUT2D eigenvalue weighted by molar-refractivity contribution is 5.78. The Morgan fingerprint density at radius 2 is 1.54 bits per heavy atom. The Labute approximate surface area is 145 Å². The minimum atomic E-state index is -0.116. The molecule has 1 atom stereocenters. The van der Waals surface area contributed by atoms with E-state index in [2.05, 4.69) is 50.4 Å². The Balaban J connectivity index is 1.83. The molecule has 0 aliphatic rings. The second-order valence-corrected chi connectivity index (χ2v) is 6.40. The molecule has 1 N–H and O–H groups in total. The van der Waals surface area contributed by atoms with Crippen LogP contribution < -0.4 is 10.1 Å². The van der Waals surface area contributed by atoms with Gasteiger partial charge in [-0.1, -0.05) is 57.2 Å². The summed E-state index contributed by atoms with van der Waals surface area (Å²) in [6.45, 7) is 8.44. The second kappa shape index (κ2) is 8.53. The molecule has 0 saturated carbocycles. The van der Waals surface area contributed by atoms with Gasteiger partial charge in [0, 0.05) is 0 Å². The molecule has 2 aromatic rings. The normalized spacial score (nSPS) is 12.0. The van der Waals surface area contributed by atoms with Gasteiger partial charge in [0.15, 0.2) is 6.61 Å². The van der Waals surface area contributed by atoms with Crippen molar-refractivity contribution in [3.05, 3.63) is 65.2 Å². The zero-order chi connectivity index (χ0) is 17.5. The van der Waals surface area contributed by atoms with Gasteiger partial charge < -0.3 is 10.1 Å². The van der Waals surface area contributed by atoms with E-state index in [9.17, 15) is 4.79 Å². The van der Waals surface area contributed by atoms with Crippen LogP contribution >= 0.6 is 0 Å². The van der Waals surface area contributed by atoms with Crippen LogP contribution in [0, 0.1) is 0 Å². The predicted octanol–water partition coefficient (Wildman–Crippen LogP) is 4.63. The molecule has 0 bridgehead atoms. The van der Waals surface area contributed by atoms with Crippen LogP contribution in [0.3, 0.4) is 0 Å². The molecular weight excluding hydrogens is 298 g/mol. The Hall–Kier alpha value is -2.29. The smallest absolute Gasteiger partial charge is 0.258 e. The first-order chi connectivity index (χ1) is 11.5. The van der Waals surface area contributed by atoms with E-state index >= 15 is 0 Å². The fraction of sp³-hybridized carbons (Fsp3) is 0.381. The maximum atomic E-state index is 12.1. The third kappa shape index (κ3) is 5.12. The molecule has 1 unspecified atom stereocenters. The molecule has 0 spiro atoms. The Morgan fingerprint density at radius 1 is 0.958 bits per heavy atom. The number of ether oxygens (including phenoxy) is 1. The third-order valence-electron chi connectivity index (χ3n) is 4.18. The van der Waals surface area contributed by atoms with Gasteiger partial charge in [-0.05, 0) is 48.1 Å². The molecule has 0 saturated heterocycles. The fourth-order valence-electron chi connectivity index (χ4n) is 2.51. The summed E-state index contributed by atoms with van der Waals surface area (Å²) in [5, 5.41) is 2.97. The van der Waals surface area contributed by atoms with Gasteiger partial charge in [-0.2, -0.15) is 0 Å². The van der Waals surface area contributed by atoms with Crippen molar-refractivity contribution < 1.29 is 9.53 Å². The quantitative estimate of drug-likeness (QED) is 0.806. The summed E-state index contributed by atoms with van der Waals surface area (Å²) >= 11 is 0. The molecule has 24 heavy (non-hydrogen) atoms. The summed E-state index contributed by atoms with van der Waals surface area (Å²) in [7, 11) is 0. The molecular formula is C21H27NO2. The van der Waals surface area contributed by atoms with E-state index in [4.69, 9.17) is 4.74 Å². The van der Waals surface area contributed by atoms with Crippen molar-refractivity contribution in [2.75, 3.05) is 6.61 Å². The number of hydrogen-bond acceptors (Lipinski definition) is 2. The largest absolute Gasteiger partial charge is 0.484 e. The van der Waals surface area contributed by atoms with Gasteiger partial charge in [0.25, 0.3) is 5.91 Å². The first kappa shape index (κ1) is 18.1. The van der Waals surface area contributed by atoms with Gasteiger partial charge in [0.2, 0.25) is 0 Å². The van der Waals surface area contributed by atoms with E-state index < -0.39 is 0 Å². The summed E-state index contributed by atoms with van der Waals surface area (Å²) in [6, 6.07) is 16.2. The molecule has 2 rings (SSSR count). The lowest BCUT2D eigenvalue weighted by Gasteiger charge is -2.15. The van der Waals surface area contributed by atoms with Crippen LogP contribution in [-0.4, -0.2) is 12.5 Å². The second-order valence-electron chi connectivity index (χ2n) is 6.40. The van der Waals surface area contributed by atoms with Gasteiger partial charge in [-0.3, -0.25) is 4.79 Å². The number of carbonyl (C=O) groups is 1. The van der Waals surface area contributed by atoms with Crippen molar-refractivity contribution in [2.45, 2.75) is 46.1 Å². The van der Waals surface area contributed by atoms with Crippen LogP contribution in [0.2, 0.25) is 0 Å². The molecule has 0 heterocycles. The molecule has 0 fully saturated rings. The van der Waals surface area contributed by atoms with Gasteiger partial charge in [0.05, 0.1) is 6.04 Å². The average Bonchev–Trinajstić information content (AvgIpc) is 2.60. The molecule has 2 aromatic carbocycles. The summed E-state index contributed by atoms with van der Waals surface area (Å²) in [5.41, 5.74) is 3.66. The van der Waals surface area contributed by atoms with Crippen molar-refractivity contribution in [3.8, 4) is 5.75 Å². The molecule has 3 heteroatoms. The summed E-state index contributed by atoms with van der Waals surface area (Å²) in [6.07, 6.45) is 1.02. The van der Waals surface area contributed by atoms with E-state index in [0.717, 1.165) is 17.7 Å². The van der Waals surface area contributed by atoms with Crippen molar-refractivity contribution in [3.63, 3.8) is 0 Å². The fourth-order valence-corrected chi connectivity index (χ4v) is 2.51. The lowest BCUT2D eigenvalue weighted by Crippen LogP contribution is -2.31. The summed E-state index contributed by atoms with van der Waals surface area (Å²) in [5.74, 6) is 1.09. The first-order valence-corrected chi connectivity index (χ1v) is 8.60. The number of rotatable bonds is 7. The number of amides is 1. The predicted molar refractivity (Wildman–Crippen MR) is 98.4 cm³/mol. The molecule has 3 nitrogen and oxygen atoms in total. The molecule has 0 aromatic heterocycles. The Bertz CT molecular complexity index is 645. The highest BCUT2D eigenvalue weighted by atomic mass is 16.5. The summed E-state index contributed by atoms with van der Waals surface area (Å²) in [4.78, 5) is 12.1. The van der Waals surface area contributed by atoms with Gasteiger partial charge in [-0.25, -0.2) is 0 Å². The number of nitrogens with one attached hydrogen (secondary N) is 1. The molecule has 0 radical (unpaired) electrons. The van der Waals surface area contributed by atoms with E-state index in [1.165, 1.54) is 11.1 Å². The Morgan fingerprint density at radius 3 is 2.08 bits per heavy atom. The van der Waals surface area contributed by atoms with E-state index in [1.807, 2.05) is 31.2 Å². The SMILES string of the molecule is CCc1ccc(C(C)NC(=O)COc2ccc(C(C)C)cc2)cc1. The highest BCUT2D eigenvalue weighted by Crippen LogP contribution is 2.18. The van der Waals surface area contributed by atoms with Crippen molar-refractivity contribution >= 4 is 5.91 Å². The van der Waals surface area contributed by atoms with Crippen LogP contribution in [0.25, 0.3) is 0 Å². The molecule has 0 aliphatic heterocycles. The number of carbonyl (C=O) groups excluding carboxylic acids is 1. The van der Waals surface area contributed by atoms with Gasteiger partial charge in [-0.15, -0.1) is 0 Å².